The van der Waals surface area contributed by atoms with Crippen molar-refractivity contribution in [2.75, 3.05) is 11.5 Å². The molecule has 0 spiro atoms. The fourth-order valence-corrected chi connectivity index (χ4v) is 6.15. The highest BCUT2D eigenvalue weighted by atomic mass is 33.1. The number of Topliss-reactive ketones (excluding diaryl/α,β-unsaturated/α-hetero) is 2. The predicted octanol–water partition coefficient (Wildman–Crippen LogP) is -1.67. The molecule has 3 atom stereocenters. The Morgan fingerprint density at radius 1 is 0.882 bits per heavy atom. The molecule has 0 aromatic rings. The summed E-state index contributed by atoms with van der Waals surface area (Å²) < 4.78 is 66.7. The van der Waals surface area contributed by atoms with Gasteiger partial charge in [0.1, 0.15) is 0 Å². The summed E-state index contributed by atoms with van der Waals surface area (Å²) in [6.45, 7) is 0. The molecule has 2 aliphatic rings. The number of hydroxylamine groups is 2. The number of carbonyl (C=O) groups is 6. The van der Waals surface area contributed by atoms with Crippen LogP contribution in [0.3, 0.4) is 0 Å². The second kappa shape index (κ2) is 11.1. The van der Waals surface area contributed by atoms with Gasteiger partial charge in [0.25, 0.3) is 32.1 Å². The van der Waals surface area contributed by atoms with Crippen molar-refractivity contribution in [2.45, 2.75) is 42.3 Å². The number of hydrogen-bond donors (Lipinski definition) is 2. The molecule has 2 N–H and O–H groups in total. The number of amides is 2. The van der Waals surface area contributed by atoms with Gasteiger partial charge in [-0.25, -0.2) is 4.79 Å². The number of ketones is 2. The SMILES string of the molecule is O=C(CCSSCCC(=O)ON1C(=O)CC(S(=O)(=O)O)C1=O)OC1C(=O)CC(S(=O)(=O)O)C1=O. The van der Waals surface area contributed by atoms with Gasteiger partial charge < -0.3 is 9.57 Å². The number of esters is 1. The summed E-state index contributed by atoms with van der Waals surface area (Å²) in [4.78, 5) is 74.9. The third-order valence-electron chi connectivity index (χ3n) is 4.34. The summed E-state index contributed by atoms with van der Waals surface area (Å²) in [7, 11) is -7.48. The van der Waals surface area contributed by atoms with Crippen LogP contribution in [0.15, 0.2) is 0 Å². The van der Waals surface area contributed by atoms with Crippen LogP contribution < -0.4 is 0 Å². The lowest BCUT2D eigenvalue weighted by atomic mass is 10.3. The summed E-state index contributed by atoms with van der Waals surface area (Å²) in [5, 5.41) is -4.02. The highest BCUT2D eigenvalue weighted by molar-refractivity contribution is 8.76. The molecule has 19 heteroatoms. The number of carbonyl (C=O) groups excluding carboxylic acids is 6. The van der Waals surface area contributed by atoms with Crippen LogP contribution in [0.25, 0.3) is 0 Å². The molecule has 190 valence electrons. The molecule has 1 aliphatic carbocycles. The molecule has 2 fully saturated rings. The summed E-state index contributed by atoms with van der Waals surface area (Å²) in [6.07, 6.45) is -4.13. The van der Waals surface area contributed by atoms with Crippen molar-refractivity contribution in [2.24, 2.45) is 0 Å². The molecule has 2 rings (SSSR count). The monoisotopic (exact) mass is 563 g/mol. The number of ether oxygens (including phenoxy) is 1. The fraction of sp³-hybridized carbons (Fsp3) is 0.600. The van der Waals surface area contributed by atoms with Gasteiger partial charge in [0.15, 0.2) is 16.3 Å². The maximum Gasteiger partial charge on any atom is 0.334 e. The average molecular weight is 564 g/mol. The topological polar surface area (TPSA) is 233 Å². The lowest BCUT2D eigenvalue weighted by Gasteiger charge is -2.13. The van der Waals surface area contributed by atoms with E-state index >= 15 is 0 Å². The minimum Gasteiger partial charge on any atom is -0.446 e. The van der Waals surface area contributed by atoms with Crippen molar-refractivity contribution in [1.29, 1.82) is 0 Å². The third kappa shape index (κ3) is 7.22. The van der Waals surface area contributed by atoms with Crippen LogP contribution in [-0.2, 0) is 58.6 Å². The van der Waals surface area contributed by atoms with Crippen molar-refractivity contribution in [3.05, 3.63) is 0 Å². The molecule has 3 unspecified atom stereocenters. The van der Waals surface area contributed by atoms with Crippen LogP contribution in [0.4, 0.5) is 0 Å². The Bertz CT molecular complexity index is 1030. The van der Waals surface area contributed by atoms with E-state index < -0.39 is 85.0 Å². The zero-order valence-corrected chi connectivity index (χ0v) is 20.1. The molecule has 0 aromatic carbocycles. The van der Waals surface area contributed by atoms with Gasteiger partial charge in [-0.15, -0.1) is 5.06 Å². The lowest BCUT2D eigenvalue weighted by molar-refractivity contribution is -0.197. The minimum atomic E-state index is -4.83. The molecular weight excluding hydrogens is 546 g/mol. The van der Waals surface area contributed by atoms with Crippen molar-refractivity contribution in [3.8, 4) is 0 Å². The van der Waals surface area contributed by atoms with Crippen LogP contribution >= 0.6 is 21.6 Å². The van der Waals surface area contributed by atoms with E-state index in [0.29, 0.717) is 0 Å². The van der Waals surface area contributed by atoms with Gasteiger partial charge >= 0.3 is 11.9 Å². The Balaban J connectivity index is 1.65. The highest BCUT2D eigenvalue weighted by Crippen LogP contribution is 2.25. The van der Waals surface area contributed by atoms with Crippen LogP contribution in [0.2, 0.25) is 0 Å². The van der Waals surface area contributed by atoms with E-state index in [1.807, 2.05) is 0 Å². The fourth-order valence-electron chi connectivity index (χ4n) is 2.71. The molecule has 34 heavy (non-hydrogen) atoms. The van der Waals surface area contributed by atoms with E-state index in [4.69, 9.17) is 13.8 Å². The Morgan fingerprint density at radius 2 is 1.41 bits per heavy atom. The predicted molar refractivity (Wildman–Crippen MR) is 112 cm³/mol. The van der Waals surface area contributed by atoms with Crippen LogP contribution in [-0.4, -0.2) is 94.4 Å². The average Bonchev–Trinajstić information content (AvgIpc) is 3.15. The first-order valence-electron chi connectivity index (χ1n) is 9.13. The van der Waals surface area contributed by atoms with Crippen LogP contribution in [0.1, 0.15) is 25.7 Å². The maximum atomic E-state index is 11.8. The summed E-state index contributed by atoms with van der Waals surface area (Å²) in [5.74, 6) is -6.46. The van der Waals surface area contributed by atoms with E-state index in [9.17, 15) is 45.6 Å². The Hall–Kier alpha value is -2.06. The van der Waals surface area contributed by atoms with Crippen molar-refractivity contribution >= 4 is 77.1 Å². The minimum absolute atomic E-state index is 0.0211. The lowest BCUT2D eigenvalue weighted by Crippen LogP contribution is -2.36. The van der Waals surface area contributed by atoms with Gasteiger partial charge in [-0.1, -0.05) is 21.6 Å². The molecule has 1 heterocycles. The molecule has 0 aromatic heterocycles. The van der Waals surface area contributed by atoms with Crippen LogP contribution in [0, 0.1) is 0 Å². The number of nitrogens with zero attached hydrogens (tertiary/aromatic N) is 1. The molecule has 0 radical (unpaired) electrons. The second-order valence-corrected chi connectivity index (χ2v) is 12.7. The zero-order valence-electron chi connectivity index (χ0n) is 16.8. The van der Waals surface area contributed by atoms with Crippen molar-refractivity contribution in [3.63, 3.8) is 0 Å². The van der Waals surface area contributed by atoms with Gasteiger partial charge in [-0.3, -0.25) is 33.1 Å². The smallest absolute Gasteiger partial charge is 0.334 e. The zero-order chi connectivity index (χ0) is 25.8. The van der Waals surface area contributed by atoms with E-state index in [-0.39, 0.29) is 29.4 Å². The second-order valence-electron chi connectivity index (χ2n) is 6.79. The van der Waals surface area contributed by atoms with E-state index in [0.717, 1.165) is 21.6 Å². The molecule has 15 nitrogen and oxygen atoms in total. The normalized spacial score (nSPS) is 23.5. The first-order valence-corrected chi connectivity index (χ1v) is 14.6. The Morgan fingerprint density at radius 3 is 1.88 bits per heavy atom. The first-order chi connectivity index (χ1) is 15.6. The summed E-state index contributed by atoms with van der Waals surface area (Å²) >= 11 is 0. The van der Waals surface area contributed by atoms with E-state index in [2.05, 4.69) is 4.84 Å². The van der Waals surface area contributed by atoms with Crippen molar-refractivity contribution < 1.29 is 64.3 Å². The van der Waals surface area contributed by atoms with Gasteiger partial charge in [-0.05, 0) is 0 Å². The molecule has 1 aliphatic heterocycles. The Kier molecular flexibility index (Phi) is 9.22. The maximum absolute atomic E-state index is 11.8. The Labute approximate surface area is 200 Å². The first kappa shape index (κ1) is 28.2. The van der Waals surface area contributed by atoms with E-state index in [1.165, 1.54) is 0 Å². The molecule has 2 amide bonds. The summed E-state index contributed by atoms with van der Waals surface area (Å²) in [5.41, 5.74) is 0. The molecule has 1 saturated carbocycles. The number of rotatable bonds is 11. The molecule has 1 saturated heterocycles. The van der Waals surface area contributed by atoms with Gasteiger partial charge in [0.2, 0.25) is 11.9 Å². The quantitative estimate of drug-likeness (QED) is 0.0714. The van der Waals surface area contributed by atoms with Gasteiger partial charge in [0, 0.05) is 17.9 Å². The van der Waals surface area contributed by atoms with Gasteiger partial charge in [0.05, 0.1) is 19.3 Å². The van der Waals surface area contributed by atoms with Crippen molar-refractivity contribution in [1.82, 2.24) is 5.06 Å². The van der Waals surface area contributed by atoms with E-state index in [1.54, 1.807) is 0 Å². The molecule has 0 bridgehead atoms. The summed E-state index contributed by atoms with van der Waals surface area (Å²) in [6, 6.07) is 0. The molecular formula is C15H17NO14S4. The standard InChI is InChI=1S/C15H17NO14S4/c17-7-5-8(33(23,24)25)13(21)14(7)29-11(19)1-3-31-32-4-2-12(20)30-16-10(18)6-9(15(16)22)34(26,27)28/h8-9,14H,1-6H2,(H,23,24,25)(H,26,27,28). The van der Waals surface area contributed by atoms with Crippen LogP contribution in [0.5, 0.6) is 0 Å². The highest BCUT2D eigenvalue weighted by Gasteiger charge is 2.50. The third-order valence-corrected chi connectivity index (χ3v) is 8.95. The van der Waals surface area contributed by atoms with Gasteiger partial charge in [-0.2, -0.15) is 16.8 Å². The largest absolute Gasteiger partial charge is 0.446 e. The number of hydrogen-bond acceptors (Lipinski definition) is 14. The number of imide groups is 1.